The van der Waals surface area contributed by atoms with Gasteiger partial charge < -0.3 is 15.3 Å². The van der Waals surface area contributed by atoms with E-state index < -0.39 is 24.6 Å². The standard InChI is InChI=1S/C26H31FN2O4/c1-17(2)25-23(13-12-21(30)14-22(31)15-24(32)33)26(19-8-10-20(27)11-9-19)29(28-25)16-18-6-4-3-5-7-18/h3-11,17,21-22,30-31H,12-16H2,1-2H3,(H,32,33). The summed E-state index contributed by atoms with van der Waals surface area (Å²) in [4.78, 5) is 10.8. The Morgan fingerprint density at radius 2 is 1.70 bits per heavy atom. The van der Waals surface area contributed by atoms with Crippen LogP contribution in [0.2, 0.25) is 0 Å². The van der Waals surface area contributed by atoms with Crippen molar-refractivity contribution in [2.75, 3.05) is 0 Å². The average Bonchev–Trinajstić information content (AvgIpc) is 3.11. The fraction of sp³-hybridized carbons (Fsp3) is 0.385. The molecule has 0 aliphatic rings. The van der Waals surface area contributed by atoms with Crippen LogP contribution in [-0.2, 0) is 17.8 Å². The molecule has 0 saturated carbocycles. The van der Waals surface area contributed by atoms with Gasteiger partial charge in [0.15, 0.2) is 0 Å². The number of carboxylic acid groups (broad SMARTS) is 1. The van der Waals surface area contributed by atoms with Gasteiger partial charge in [0.05, 0.1) is 36.6 Å². The smallest absolute Gasteiger partial charge is 0.305 e. The fourth-order valence-electron chi connectivity index (χ4n) is 4.06. The van der Waals surface area contributed by atoms with E-state index in [0.717, 1.165) is 28.1 Å². The monoisotopic (exact) mass is 454 g/mol. The molecular formula is C26H31FN2O4. The summed E-state index contributed by atoms with van der Waals surface area (Å²) >= 11 is 0. The quantitative estimate of drug-likeness (QED) is 0.400. The molecule has 2 unspecified atom stereocenters. The number of nitrogens with zero attached hydrogens (tertiary/aromatic N) is 2. The van der Waals surface area contributed by atoms with Crippen molar-refractivity contribution in [2.45, 2.75) is 64.2 Å². The molecule has 0 spiro atoms. The normalized spacial score (nSPS) is 13.3. The molecule has 3 aromatic rings. The Morgan fingerprint density at radius 1 is 1.03 bits per heavy atom. The van der Waals surface area contributed by atoms with Crippen LogP contribution in [0.5, 0.6) is 0 Å². The first-order valence-corrected chi connectivity index (χ1v) is 11.2. The molecule has 3 N–H and O–H groups in total. The first kappa shape index (κ1) is 24.6. The summed E-state index contributed by atoms with van der Waals surface area (Å²) in [6, 6.07) is 16.3. The first-order valence-electron chi connectivity index (χ1n) is 11.2. The largest absolute Gasteiger partial charge is 0.481 e. The molecule has 0 saturated heterocycles. The van der Waals surface area contributed by atoms with Crippen molar-refractivity contribution in [3.63, 3.8) is 0 Å². The van der Waals surface area contributed by atoms with Crippen molar-refractivity contribution >= 4 is 5.97 Å². The Bertz CT molecular complexity index is 1050. The van der Waals surface area contributed by atoms with E-state index in [0.29, 0.717) is 19.4 Å². The molecule has 6 nitrogen and oxygen atoms in total. The van der Waals surface area contributed by atoms with Crippen LogP contribution in [0.15, 0.2) is 54.6 Å². The van der Waals surface area contributed by atoms with Crippen LogP contribution in [0, 0.1) is 5.82 Å². The van der Waals surface area contributed by atoms with E-state index >= 15 is 0 Å². The van der Waals surface area contributed by atoms with Crippen LogP contribution >= 0.6 is 0 Å². The molecular weight excluding hydrogens is 423 g/mol. The molecule has 1 aromatic heterocycles. The highest BCUT2D eigenvalue weighted by molar-refractivity contribution is 5.67. The molecule has 176 valence electrons. The zero-order valence-corrected chi connectivity index (χ0v) is 19.0. The Hall–Kier alpha value is -3.03. The van der Waals surface area contributed by atoms with E-state index in [2.05, 4.69) is 13.8 Å². The summed E-state index contributed by atoms with van der Waals surface area (Å²) in [7, 11) is 0. The zero-order valence-electron chi connectivity index (χ0n) is 19.0. The van der Waals surface area contributed by atoms with E-state index in [9.17, 15) is 19.4 Å². The van der Waals surface area contributed by atoms with Gasteiger partial charge >= 0.3 is 5.97 Å². The predicted octanol–water partition coefficient (Wildman–Crippen LogP) is 4.38. The molecule has 0 radical (unpaired) electrons. The number of aliphatic hydroxyl groups excluding tert-OH is 2. The summed E-state index contributed by atoms with van der Waals surface area (Å²) in [5.74, 6) is -1.29. The lowest BCUT2D eigenvalue weighted by Crippen LogP contribution is -2.21. The molecule has 0 fully saturated rings. The van der Waals surface area contributed by atoms with Crippen LogP contribution < -0.4 is 0 Å². The maximum atomic E-state index is 13.6. The van der Waals surface area contributed by atoms with Gasteiger partial charge in [-0.1, -0.05) is 44.2 Å². The molecule has 3 rings (SSSR count). The number of benzene rings is 2. The Kier molecular flexibility index (Phi) is 8.36. The summed E-state index contributed by atoms with van der Waals surface area (Å²) in [5.41, 5.74) is 4.67. The molecule has 7 heteroatoms. The van der Waals surface area contributed by atoms with Gasteiger partial charge in [-0.2, -0.15) is 5.10 Å². The molecule has 1 heterocycles. The van der Waals surface area contributed by atoms with Crippen molar-refractivity contribution in [1.29, 1.82) is 0 Å². The SMILES string of the molecule is CC(C)c1nn(Cc2ccccc2)c(-c2ccc(F)cc2)c1CCC(O)CC(O)CC(=O)O. The van der Waals surface area contributed by atoms with E-state index in [1.165, 1.54) is 12.1 Å². The van der Waals surface area contributed by atoms with Gasteiger partial charge in [0.2, 0.25) is 0 Å². The molecule has 0 bridgehead atoms. The number of rotatable bonds is 11. The molecule has 0 amide bonds. The number of carboxylic acids is 1. The van der Waals surface area contributed by atoms with Crippen molar-refractivity contribution < 1.29 is 24.5 Å². The highest BCUT2D eigenvalue weighted by Crippen LogP contribution is 2.32. The molecule has 2 atom stereocenters. The minimum absolute atomic E-state index is 0.00660. The van der Waals surface area contributed by atoms with Crippen LogP contribution in [0.1, 0.15) is 55.8 Å². The van der Waals surface area contributed by atoms with Gasteiger partial charge in [0.25, 0.3) is 0 Å². The van der Waals surface area contributed by atoms with Gasteiger partial charge in [-0.15, -0.1) is 0 Å². The number of carbonyl (C=O) groups is 1. The second-order valence-electron chi connectivity index (χ2n) is 8.70. The van der Waals surface area contributed by atoms with Crippen LogP contribution in [0.4, 0.5) is 4.39 Å². The Labute approximate surface area is 193 Å². The third-order valence-electron chi connectivity index (χ3n) is 5.60. The highest BCUT2D eigenvalue weighted by atomic mass is 19.1. The van der Waals surface area contributed by atoms with E-state index in [4.69, 9.17) is 10.2 Å². The van der Waals surface area contributed by atoms with Crippen molar-refractivity contribution in [3.8, 4) is 11.3 Å². The number of hydrogen-bond donors (Lipinski definition) is 3. The Balaban J connectivity index is 1.94. The number of hydrogen-bond acceptors (Lipinski definition) is 4. The molecule has 0 aliphatic heterocycles. The highest BCUT2D eigenvalue weighted by Gasteiger charge is 2.23. The maximum Gasteiger partial charge on any atom is 0.305 e. The van der Waals surface area contributed by atoms with Gasteiger partial charge in [0.1, 0.15) is 5.82 Å². The first-order chi connectivity index (χ1) is 15.7. The third kappa shape index (κ3) is 6.73. The number of halogens is 1. The summed E-state index contributed by atoms with van der Waals surface area (Å²) < 4.78 is 15.6. The molecule has 0 aliphatic carbocycles. The van der Waals surface area contributed by atoms with Gasteiger partial charge in [-0.05, 0) is 55.0 Å². The van der Waals surface area contributed by atoms with Crippen LogP contribution in [-0.4, -0.2) is 43.3 Å². The summed E-state index contributed by atoms with van der Waals surface area (Å²) in [6.45, 7) is 4.66. The maximum absolute atomic E-state index is 13.6. The second kappa shape index (κ2) is 11.2. The minimum atomic E-state index is -1.10. The van der Waals surface area contributed by atoms with E-state index in [1.54, 1.807) is 12.1 Å². The summed E-state index contributed by atoms with van der Waals surface area (Å²) in [6.07, 6.45) is -1.51. The fourth-order valence-corrected chi connectivity index (χ4v) is 4.06. The zero-order chi connectivity index (χ0) is 24.0. The number of aliphatic hydroxyl groups is 2. The average molecular weight is 455 g/mol. The van der Waals surface area contributed by atoms with Crippen molar-refractivity contribution in [3.05, 3.63) is 77.2 Å². The third-order valence-corrected chi connectivity index (χ3v) is 5.60. The van der Waals surface area contributed by atoms with E-state index in [1.807, 2.05) is 35.0 Å². The van der Waals surface area contributed by atoms with Gasteiger partial charge in [-0.25, -0.2) is 4.39 Å². The Morgan fingerprint density at radius 3 is 2.30 bits per heavy atom. The topological polar surface area (TPSA) is 95.6 Å². The van der Waals surface area contributed by atoms with Gasteiger partial charge in [0, 0.05) is 11.1 Å². The molecule has 33 heavy (non-hydrogen) atoms. The lowest BCUT2D eigenvalue weighted by atomic mass is 9.94. The van der Waals surface area contributed by atoms with Crippen molar-refractivity contribution in [2.24, 2.45) is 0 Å². The lowest BCUT2D eigenvalue weighted by molar-refractivity contribution is -0.139. The number of aliphatic carboxylic acids is 1. The van der Waals surface area contributed by atoms with Crippen molar-refractivity contribution in [1.82, 2.24) is 9.78 Å². The van der Waals surface area contributed by atoms with E-state index in [-0.39, 0.29) is 18.2 Å². The lowest BCUT2D eigenvalue weighted by Gasteiger charge is -2.16. The summed E-state index contributed by atoms with van der Waals surface area (Å²) in [5, 5.41) is 34.0. The van der Waals surface area contributed by atoms with Crippen LogP contribution in [0.25, 0.3) is 11.3 Å². The van der Waals surface area contributed by atoms with Gasteiger partial charge in [-0.3, -0.25) is 9.48 Å². The second-order valence-corrected chi connectivity index (χ2v) is 8.70. The minimum Gasteiger partial charge on any atom is -0.481 e. The predicted molar refractivity (Wildman–Crippen MR) is 124 cm³/mol. The molecule has 2 aromatic carbocycles. The van der Waals surface area contributed by atoms with Crippen LogP contribution in [0.3, 0.4) is 0 Å². The number of aromatic nitrogens is 2.